The average Bonchev–Trinajstić information content (AvgIpc) is 2.95. The molecule has 0 radical (unpaired) electrons. The average molecular weight is 408 g/mol. The number of methoxy groups -OCH3 is 3. The first-order valence-corrected chi connectivity index (χ1v) is 7.64. The molecule has 0 amide bonds. The van der Waals surface area contributed by atoms with Gasteiger partial charge in [0, 0.05) is 10.7 Å². The van der Waals surface area contributed by atoms with Gasteiger partial charge in [0.05, 0.1) is 38.3 Å². The third-order valence-electron chi connectivity index (χ3n) is 3.45. The number of hydrogen-bond acceptors (Lipinski definition) is 7. The maximum atomic E-state index is 12.1. The van der Waals surface area contributed by atoms with Crippen LogP contribution >= 0.6 is 15.9 Å². The van der Waals surface area contributed by atoms with Gasteiger partial charge in [0.25, 0.3) is 0 Å². The molecule has 130 valence electrons. The van der Waals surface area contributed by atoms with Gasteiger partial charge in [-0.05, 0) is 12.1 Å². The van der Waals surface area contributed by atoms with Crippen LogP contribution in [-0.2, 0) is 9.47 Å². The van der Waals surface area contributed by atoms with E-state index in [9.17, 15) is 14.9 Å². The molecule has 0 aliphatic carbocycles. The third-order valence-corrected chi connectivity index (χ3v) is 3.90. The van der Waals surface area contributed by atoms with E-state index in [4.69, 9.17) is 19.9 Å². The molecule has 8 nitrogen and oxygen atoms in total. The molecule has 0 aliphatic heterocycles. The number of carbonyl (C=O) groups is 2. The summed E-state index contributed by atoms with van der Waals surface area (Å²) in [7, 11) is 3.81. The largest absolute Gasteiger partial charge is 0.494 e. The standard InChI is InChI=1S/C16H14BrN3O5/c1-23-14-10(15(21)24-2)4-9(17)5-11(14)20-7-8(6-18)12(19)13(20)16(22)25-3/h4-5,7H,19H2,1-3H3. The Hall–Kier alpha value is -2.99. The molecule has 0 aliphatic rings. The van der Waals surface area contributed by atoms with Crippen LogP contribution in [0.4, 0.5) is 5.69 Å². The Kier molecular flexibility index (Phi) is 5.34. The second-order valence-corrected chi connectivity index (χ2v) is 5.69. The number of halogens is 1. The number of nitrogens with two attached hydrogens (primary N) is 1. The zero-order chi connectivity index (χ0) is 18.7. The van der Waals surface area contributed by atoms with Crippen molar-refractivity contribution in [2.45, 2.75) is 0 Å². The summed E-state index contributed by atoms with van der Waals surface area (Å²) in [5.41, 5.74) is 6.34. The summed E-state index contributed by atoms with van der Waals surface area (Å²) in [6.45, 7) is 0. The SMILES string of the molecule is COC(=O)c1cc(Br)cc(-n2cc(C#N)c(N)c2C(=O)OC)c1OC. The van der Waals surface area contributed by atoms with E-state index in [1.807, 2.05) is 6.07 Å². The Labute approximate surface area is 151 Å². The van der Waals surface area contributed by atoms with Gasteiger partial charge in [-0.25, -0.2) is 9.59 Å². The van der Waals surface area contributed by atoms with Crippen molar-refractivity contribution in [2.24, 2.45) is 0 Å². The lowest BCUT2D eigenvalue weighted by molar-refractivity contribution is 0.0588. The number of nitriles is 1. The summed E-state index contributed by atoms with van der Waals surface area (Å²) in [4.78, 5) is 24.2. The van der Waals surface area contributed by atoms with Gasteiger partial charge >= 0.3 is 11.9 Å². The van der Waals surface area contributed by atoms with Gasteiger partial charge < -0.3 is 24.5 Å². The number of ether oxygens (including phenoxy) is 3. The fraction of sp³-hybridized carbons (Fsp3) is 0.188. The minimum absolute atomic E-state index is 0.0315. The lowest BCUT2D eigenvalue weighted by atomic mass is 10.1. The Bertz CT molecular complexity index is 898. The van der Waals surface area contributed by atoms with Crippen LogP contribution in [0.1, 0.15) is 26.4 Å². The molecule has 0 fully saturated rings. The summed E-state index contributed by atoms with van der Waals surface area (Å²) in [5, 5.41) is 9.21. The molecule has 0 spiro atoms. The Morgan fingerprint density at radius 1 is 1.20 bits per heavy atom. The van der Waals surface area contributed by atoms with Crippen LogP contribution < -0.4 is 10.5 Å². The number of rotatable bonds is 4. The number of hydrogen-bond donors (Lipinski definition) is 1. The van der Waals surface area contributed by atoms with E-state index in [1.165, 1.54) is 38.2 Å². The summed E-state index contributed by atoms with van der Waals surface area (Å²) in [5.74, 6) is -1.21. The summed E-state index contributed by atoms with van der Waals surface area (Å²) < 4.78 is 16.7. The molecule has 2 rings (SSSR count). The van der Waals surface area contributed by atoms with Crippen LogP contribution in [0.2, 0.25) is 0 Å². The molecule has 0 unspecified atom stereocenters. The first-order chi connectivity index (χ1) is 11.9. The number of nitrogen functional groups attached to an aromatic ring is 1. The van der Waals surface area contributed by atoms with Gasteiger partial charge in [-0.3, -0.25) is 0 Å². The lowest BCUT2D eigenvalue weighted by Crippen LogP contribution is -2.13. The number of benzene rings is 1. The van der Waals surface area contributed by atoms with Gasteiger partial charge in [-0.2, -0.15) is 5.26 Å². The molecule has 0 atom stereocenters. The second kappa shape index (κ2) is 7.27. The van der Waals surface area contributed by atoms with Crippen LogP contribution in [0.15, 0.2) is 22.8 Å². The Balaban J connectivity index is 2.88. The summed E-state index contributed by atoms with van der Waals surface area (Å²) in [6, 6.07) is 5.03. The molecule has 9 heteroatoms. The fourth-order valence-corrected chi connectivity index (χ4v) is 2.78. The molecule has 0 saturated carbocycles. The van der Waals surface area contributed by atoms with Crippen LogP contribution in [-0.4, -0.2) is 37.8 Å². The van der Waals surface area contributed by atoms with E-state index < -0.39 is 11.9 Å². The summed E-state index contributed by atoms with van der Waals surface area (Å²) in [6.07, 6.45) is 1.37. The Morgan fingerprint density at radius 2 is 1.84 bits per heavy atom. The molecular weight excluding hydrogens is 394 g/mol. The topological polar surface area (TPSA) is 117 Å². The van der Waals surface area contributed by atoms with Crippen molar-refractivity contribution in [1.29, 1.82) is 5.26 Å². The number of aromatic nitrogens is 1. The van der Waals surface area contributed by atoms with Gasteiger partial charge in [0.15, 0.2) is 11.4 Å². The highest BCUT2D eigenvalue weighted by Crippen LogP contribution is 2.35. The predicted molar refractivity (Wildman–Crippen MR) is 91.8 cm³/mol. The van der Waals surface area contributed by atoms with Crippen molar-refractivity contribution in [2.75, 3.05) is 27.1 Å². The van der Waals surface area contributed by atoms with Crippen LogP contribution in [0.3, 0.4) is 0 Å². The van der Waals surface area contributed by atoms with Crippen molar-refractivity contribution >= 4 is 33.6 Å². The fourth-order valence-electron chi connectivity index (χ4n) is 2.34. The maximum Gasteiger partial charge on any atom is 0.357 e. The highest BCUT2D eigenvalue weighted by Gasteiger charge is 2.26. The van der Waals surface area contributed by atoms with E-state index in [-0.39, 0.29) is 28.3 Å². The molecule has 1 aromatic heterocycles. The normalized spacial score (nSPS) is 10.0. The van der Waals surface area contributed by atoms with E-state index in [0.717, 1.165) is 0 Å². The smallest absolute Gasteiger partial charge is 0.357 e. The van der Waals surface area contributed by atoms with E-state index in [0.29, 0.717) is 10.2 Å². The van der Waals surface area contributed by atoms with Crippen LogP contribution in [0.5, 0.6) is 5.75 Å². The lowest BCUT2D eigenvalue weighted by Gasteiger charge is -2.16. The van der Waals surface area contributed by atoms with E-state index in [1.54, 1.807) is 6.07 Å². The zero-order valence-electron chi connectivity index (χ0n) is 13.6. The van der Waals surface area contributed by atoms with Crippen molar-refractivity contribution in [3.63, 3.8) is 0 Å². The number of nitrogens with zero attached hydrogens (tertiary/aromatic N) is 2. The molecule has 25 heavy (non-hydrogen) atoms. The zero-order valence-corrected chi connectivity index (χ0v) is 15.2. The molecule has 1 aromatic carbocycles. The molecule has 2 N–H and O–H groups in total. The van der Waals surface area contributed by atoms with Gasteiger partial charge in [-0.15, -0.1) is 0 Å². The predicted octanol–water partition coefficient (Wildman–Crippen LogP) is 2.28. The first-order valence-electron chi connectivity index (χ1n) is 6.85. The van der Waals surface area contributed by atoms with E-state index >= 15 is 0 Å². The van der Waals surface area contributed by atoms with Crippen LogP contribution in [0, 0.1) is 11.3 Å². The highest BCUT2D eigenvalue weighted by molar-refractivity contribution is 9.10. The van der Waals surface area contributed by atoms with Gasteiger partial charge in [-0.1, -0.05) is 15.9 Å². The molecule has 1 heterocycles. The van der Waals surface area contributed by atoms with Crippen molar-refractivity contribution < 1.29 is 23.8 Å². The molecule has 0 bridgehead atoms. The quantitative estimate of drug-likeness (QED) is 0.772. The number of anilines is 1. The second-order valence-electron chi connectivity index (χ2n) is 4.78. The number of esters is 2. The minimum Gasteiger partial charge on any atom is -0.494 e. The summed E-state index contributed by atoms with van der Waals surface area (Å²) >= 11 is 3.30. The van der Waals surface area contributed by atoms with Crippen molar-refractivity contribution in [3.05, 3.63) is 39.6 Å². The molecule has 2 aromatic rings. The van der Waals surface area contributed by atoms with E-state index in [2.05, 4.69) is 15.9 Å². The van der Waals surface area contributed by atoms with Crippen molar-refractivity contribution in [1.82, 2.24) is 4.57 Å². The minimum atomic E-state index is -0.736. The van der Waals surface area contributed by atoms with Crippen molar-refractivity contribution in [3.8, 4) is 17.5 Å². The molecule has 0 saturated heterocycles. The first kappa shape index (κ1) is 18.4. The molecular formula is C16H14BrN3O5. The highest BCUT2D eigenvalue weighted by atomic mass is 79.9. The monoisotopic (exact) mass is 407 g/mol. The maximum absolute atomic E-state index is 12.1. The van der Waals surface area contributed by atoms with Gasteiger partial charge in [0.1, 0.15) is 11.6 Å². The third kappa shape index (κ3) is 3.16. The Morgan fingerprint density at radius 3 is 2.36 bits per heavy atom. The van der Waals surface area contributed by atoms with Gasteiger partial charge in [0.2, 0.25) is 0 Å². The van der Waals surface area contributed by atoms with Crippen LogP contribution in [0.25, 0.3) is 5.69 Å². The number of carbonyl (C=O) groups excluding carboxylic acids is 2.